The number of nitrogens with zero attached hydrogens (tertiary/aromatic N) is 2. The highest BCUT2D eigenvalue weighted by molar-refractivity contribution is 9.09. The molecule has 116 valence electrons. The van der Waals surface area contributed by atoms with E-state index >= 15 is 0 Å². The van der Waals surface area contributed by atoms with Gasteiger partial charge in [0.2, 0.25) is 0 Å². The van der Waals surface area contributed by atoms with Gasteiger partial charge in [-0.3, -0.25) is 4.40 Å². The molecule has 2 heterocycles. The molecular formula is C17H25BrN2S. The maximum absolute atomic E-state index is 4.79. The van der Waals surface area contributed by atoms with Crippen LogP contribution in [0.3, 0.4) is 0 Å². The molecule has 0 spiro atoms. The summed E-state index contributed by atoms with van der Waals surface area (Å²) in [6, 6.07) is 0. The van der Waals surface area contributed by atoms with Crippen molar-refractivity contribution in [2.45, 2.75) is 52.9 Å². The molecule has 0 aliphatic heterocycles. The first-order valence-corrected chi connectivity index (χ1v) is 9.89. The van der Waals surface area contributed by atoms with Gasteiger partial charge in [-0.1, -0.05) is 36.7 Å². The van der Waals surface area contributed by atoms with Crippen molar-refractivity contribution in [2.24, 2.45) is 16.7 Å². The summed E-state index contributed by atoms with van der Waals surface area (Å²) in [5, 5.41) is 3.20. The number of hydrogen-bond donors (Lipinski definition) is 0. The molecule has 1 fully saturated rings. The fourth-order valence-corrected chi connectivity index (χ4v) is 5.18. The zero-order chi connectivity index (χ0) is 15.1. The minimum Gasteiger partial charge on any atom is -0.297 e. The number of alkyl halides is 1. The summed E-state index contributed by atoms with van der Waals surface area (Å²) >= 11 is 5.52. The van der Waals surface area contributed by atoms with Crippen molar-refractivity contribution >= 4 is 32.2 Å². The zero-order valence-electron chi connectivity index (χ0n) is 13.2. The van der Waals surface area contributed by atoms with E-state index in [1.165, 1.54) is 31.4 Å². The Bertz CT molecular complexity index is 571. The van der Waals surface area contributed by atoms with Crippen molar-refractivity contribution in [3.63, 3.8) is 0 Å². The lowest BCUT2D eigenvalue weighted by Gasteiger charge is -2.43. The maximum atomic E-state index is 4.79. The first-order valence-electron chi connectivity index (χ1n) is 7.89. The molecule has 21 heavy (non-hydrogen) atoms. The van der Waals surface area contributed by atoms with Gasteiger partial charge in [0.1, 0.15) is 0 Å². The van der Waals surface area contributed by atoms with Crippen molar-refractivity contribution in [1.82, 2.24) is 9.38 Å². The van der Waals surface area contributed by atoms with Gasteiger partial charge in [0.15, 0.2) is 4.96 Å². The van der Waals surface area contributed by atoms with Crippen molar-refractivity contribution in [2.75, 3.05) is 5.33 Å². The molecule has 1 aliphatic rings. The molecule has 2 aromatic heterocycles. The van der Waals surface area contributed by atoms with Crippen LogP contribution in [0.4, 0.5) is 0 Å². The van der Waals surface area contributed by atoms with E-state index in [9.17, 15) is 0 Å². The standard InChI is InChI=1S/C17H25BrN2S/c1-16(2,3)13-4-6-17(12-18,7-5-13)10-14-11-20-8-9-21-15(20)19-14/h8-9,11,13H,4-7,10,12H2,1-3H3. The minimum absolute atomic E-state index is 0.409. The Hall–Kier alpha value is -0.350. The second-order valence-corrected chi connectivity index (χ2v) is 9.21. The van der Waals surface area contributed by atoms with Crippen LogP contribution in [0.15, 0.2) is 17.8 Å². The second kappa shape index (κ2) is 5.69. The molecule has 0 saturated heterocycles. The highest BCUT2D eigenvalue weighted by atomic mass is 79.9. The van der Waals surface area contributed by atoms with Gasteiger partial charge in [-0.25, -0.2) is 4.98 Å². The summed E-state index contributed by atoms with van der Waals surface area (Å²) in [5.41, 5.74) is 2.12. The summed E-state index contributed by atoms with van der Waals surface area (Å²) < 4.78 is 2.16. The lowest BCUT2D eigenvalue weighted by Crippen LogP contribution is -2.35. The van der Waals surface area contributed by atoms with E-state index in [1.807, 2.05) is 0 Å². The van der Waals surface area contributed by atoms with E-state index < -0.39 is 0 Å². The van der Waals surface area contributed by atoms with Gasteiger partial charge in [-0.05, 0) is 48.9 Å². The smallest absolute Gasteiger partial charge is 0.193 e. The van der Waals surface area contributed by atoms with Crippen LogP contribution >= 0.6 is 27.3 Å². The van der Waals surface area contributed by atoms with Crippen LogP contribution < -0.4 is 0 Å². The van der Waals surface area contributed by atoms with E-state index in [0.29, 0.717) is 10.8 Å². The van der Waals surface area contributed by atoms with Crippen molar-refractivity contribution < 1.29 is 0 Å². The molecule has 2 aromatic rings. The summed E-state index contributed by atoms with van der Waals surface area (Å²) in [4.78, 5) is 5.91. The molecule has 0 amide bonds. The van der Waals surface area contributed by atoms with Crippen LogP contribution in [0.25, 0.3) is 4.96 Å². The number of aromatic nitrogens is 2. The van der Waals surface area contributed by atoms with Crippen LogP contribution in [0, 0.1) is 16.7 Å². The van der Waals surface area contributed by atoms with E-state index in [-0.39, 0.29) is 0 Å². The maximum Gasteiger partial charge on any atom is 0.193 e. The van der Waals surface area contributed by atoms with Gasteiger partial charge in [0.25, 0.3) is 0 Å². The molecule has 0 radical (unpaired) electrons. The van der Waals surface area contributed by atoms with Crippen LogP contribution in [-0.2, 0) is 6.42 Å². The molecule has 0 N–H and O–H groups in total. The van der Waals surface area contributed by atoms with Crippen molar-refractivity contribution in [3.05, 3.63) is 23.5 Å². The summed E-state index contributed by atoms with van der Waals surface area (Å²) in [6.07, 6.45) is 10.8. The molecule has 2 nitrogen and oxygen atoms in total. The number of halogens is 1. The minimum atomic E-state index is 0.409. The average Bonchev–Trinajstić information content (AvgIpc) is 2.99. The molecule has 0 aromatic carbocycles. The Kier molecular flexibility index (Phi) is 4.21. The molecule has 4 heteroatoms. The van der Waals surface area contributed by atoms with Gasteiger partial charge in [0.05, 0.1) is 5.69 Å². The zero-order valence-corrected chi connectivity index (χ0v) is 15.6. The fraction of sp³-hybridized carbons (Fsp3) is 0.706. The lowest BCUT2D eigenvalue weighted by molar-refractivity contribution is 0.103. The van der Waals surface area contributed by atoms with E-state index in [2.05, 4.69) is 58.9 Å². The predicted octanol–water partition coefficient (Wildman–Crippen LogP) is 5.56. The van der Waals surface area contributed by atoms with E-state index in [4.69, 9.17) is 4.98 Å². The first kappa shape index (κ1) is 15.5. The molecule has 3 rings (SSSR count). The largest absolute Gasteiger partial charge is 0.297 e. The number of imidazole rings is 1. The van der Waals surface area contributed by atoms with Crippen LogP contribution in [-0.4, -0.2) is 14.7 Å². The highest BCUT2D eigenvalue weighted by Crippen LogP contribution is 2.47. The average molecular weight is 369 g/mol. The third-order valence-corrected chi connectivity index (χ3v) is 7.21. The molecule has 1 saturated carbocycles. The van der Waals surface area contributed by atoms with Crippen molar-refractivity contribution in [3.8, 4) is 0 Å². The van der Waals surface area contributed by atoms with E-state index in [0.717, 1.165) is 22.6 Å². The third-order valence-electron chi connectivity index (χ3n) is 5.25. The van der Waals surface area contributed by atoms with Crippen molar-refractivity contribution in [1.29, 1.82) is 0 Å². The Morgan fingerprint density at radius 2 is 2.10 bits per heavy atom. The number of thiazole rings is 1. The van der Waals surface area contributed by atoms with Gasteiger partial charge < -0.3 is 0 Å². The topological polar surface area (TPSA) is 17.3 Å². The van der Waals surface area contributed by atoms with Crippen LogP contribution in [0.1, 0.15) is 52.1 Å². The molecule has 0 atom stereocenters. The molecule has 0 unspecified atom stereocenters. The van der Waals surface area contributed by atoms with E-state index in [1.54, 1.807) is 11.3 Å². The SMILES string of the molecule is CC(C)(C)C1CCC(CBr)(Cc2cn3ccsc3n2)CC1. The quantitative estimate of drug-likeness (QED) is 0.648. The molecule has 0 bridgehead atoms. The normalized spacial score (nSPS) is 27.3. The number of fused-ring (bicyclic) bond motifs is 1. The summed E-state index contributed by atoms with van der Waals surface area (Å²) in [6.45, 7) is 7.17. The third kappa shape index (κ3) is 3.21. The Labute approximate surface area is 140 Å². The fourth-order valence-electron chi connectivity index (χ4n) is 3.70. The Balaban J connectivity index is 1.72. The second-order valence-electron chi connectivity index (χ2n) is 7.78. The Morgan fingerprint density at radius 3 is 2.67 bits per heavy atom. The number of rotatable bonds is 3. The van der Waals surface area contributed by atoms with Gasteiger partial charge >= 0.3 is 0 Å². The molecule has 1 aliphatic carbocycles. The summed E-state index contributed by atoms with van der Waals surface area (Å²) in [5.74, 6) is 0.871. The first-order chi connectivity index (χ1) is 9.92. The van der Waals surface area contributed by atoms with Crippen LogP contribution in [0.2, 0.25) is 0 Å². The lowest BCUT2D eigenvalue weighted by atomic mass is 9.63. The van der Waals surface area contributed by atoms with Gasteiger partial charge in [-0.2, -0.15) is 0 Å². The Morgan fingerprint density at radius 1 is 1.38 bits per heavy atom. The predicted molar refractivity (Wildman–Crippen MR) is 94.4 cm³/mol. The monoisotopic (exact) mass is 368 g/mol. The highest BCUT2D eigenvalue weighted by Gasteiger charge is 2.38. The summed E-state index contributed by atoms with van der Waals surface area (Å²) in [7, 11) is 0. The molecular weight excluding hydrogens is 344 g/mol. The van der Waals surface area contributed by atoms with Gasteiger partial charge in [-0.15, -0.1) is 11.3 Å². The van der Waals surface area contributed by atoms with Crippen LogP contribution in [0.5, 0.6) is 0 Å². The van der Waals surface area contributed by atoms with Gasteiger partial charge in [0, 0.05) is 23.1 Å². The number of hydrogen-bond acceptors (Lipinski definition) is 2.